The Morgan fingerprint density at radius 3 is 2.57 bits per heavy atom. The molecule has 5 nitrogen and oxygen atoms in total. The number of amides is 2. The van der Waals surface area contributed by atoms with Crippen molar-refractivity contribution in [3.8, 4) is 0 Å². The van der Waals surface area contributed by atoms with Crippen molar-refractivity contribution < 1.29 is 14.3 Å². The van der Waals surface area contributed by atoms with Crippen LogP contribution in [0.4, 0.5) is 10.5 Å². The molecular formula is C17H17BrN2O3. The van der Waals surface area contributed by atoms with Crippen LogP contribution in [0.3, 0.4) is 0 Å². The normalized spacial score (nSPS) is 10.0. The van der Waals surface area contributed by atoms with Crippen molar-refractivity contribution in [1.29, 1.82) is 0 Å². The molecule has 0 aliphatic heterocycles. The summed E-state index contributed by atoms with van der Waals surface area (Å²) in [6.45, 7) is 1.95. The lowest BCUT2D eigenvalue weighted by Gasteiger charge is -2.09. The lowest BCUT2D eigenvalue weighted by molar-refractivity contribution is -0.115. The van der Waals surface area contributed by atoms with E-state index in [1.165, 1.54) is 0 Å². The molecule has 0 saturated carbocycles. The molecule has 0 saturated heterocycles. The minimum absolute atomic E-state index is 0.150. The number of hydrogen-bond acceptors (Lipinski definition) is 3. The van der Waals surface area contributed by atoms with Gasteiger partial charge in [-0.05, 0) is 36.2 Å². The Balaban J connectivity index is 1.73. The Labute approximate surface area is 143 Å². The van der Waals surface area contributed by atoms with Crippen molar-refractivity contribution in [3.63, 3.8) is 0 Å². The van der Waals surface area contributed by atoms with E-state index >= 15 is 0 Å². The van der Waals surface area contributed by atoms with Crippen LogP contribution >= 0.6 is 15.9 Å². The number of halogens is 1. The highest BCUT2D eigenvalue weighted by molar-refractivity contribution is 9.10. The number of anilines is 1. The number of hydrogen-bond donors (Lipinski definition) is 2. The Hall–Kier alpha value is -2.34. The van der Waals surface area contributed by atoms with Gasteiger partial charge >= 0.3 is 6.09 Å². The van der Waals surface area contributed by atoms with Crippen molar-refractivity contribution in [2.45, 2.75) is 13.5 Å². The van der Waals surface area contributed by atoms with Crippen molar-refractivity contribution in [1.82, 2.24) is 5.32 Å². The van der Waals surface area contributed by atoms with E-state index in [4.69, 9.17) is 4.74 Å². The fourth-order valence-electron chi connectivity index (χ4n) is 1.85. The van der Waals surface area contributed by atoms with Crippen molar-refractivity contribution in [2.24, 2.45) is 0 Å². The molecule has 2 amide bonds. The highest BCUT2D eigenvalue weighted by Gasteiger charge is 2.07. The SMILES string of the molecule is Cc1cc(NC(=O)CNC(=O)OCc2ccccc2)ccc1Br. The second-order valence-electron chi connectivity index (χ2n) is 4.93. The summed E-state index contributed by atoms with van der Waals surface area (Å²) in [5.41, 5.74) is 2.57. The van der Waals surface area contributed by atoms with Crippen LogP contribution in [0, 0.1) is 6.92 Å². The molecule has 0 aromatic heterocycles. The molecule has 0 atom stereocenters. The number of rotatable bonds is 5. The number of benzene rings is 2. The lowest BCUT2D eigenvalue weighted by Crippen LogP contribution is -2.33. The molecule has 23 heavy (non-hydrogen) atoms. The minimum atomic E-state index is -0.629. The third kappa shape index (κ3) is 5.75. The van der Waals surface area contributed by atoms with Crippen molar-refractivity contribution in [3.05, 3.63) is 64.1 Å². The van der Waals surface area contributed by atoms with E-state index in [-0.39, 0.29) is 19.1 Å². The minimum Gasteiger partial charge on any atom is -0.445 e. The highest BCUT2D eigenvalue weighted by atomic mass is 79.9. The Morgan fingerprint density at radius 2 is 1.87 bits per heavy atom. The number of carbonyl (C=O) groups excluding carboxylic acids is 2. The molecule has 120 valence electrons. The fourth-order valence-corrected chi connectivity index (χ4v) is 2.10. The Kier molecular flexibility index (Phi) is 6.17. The maximum absolute atomic E-state index is 11.8. The lowest BCUT2D eigenvalue weighted by atomic mass is 10.2. The molecule has 0 spiro atoms. The van der Waals surface area contributed by atoms with Crippen LogP contribution < -0.4 is 10.6 Å². The van der Waals surface area contributed by atoms with E-state index < -0.39 is 6.09 Å². The van der Waals surface area contributed by atoms with Crippen LogP contribution in [0.5, 0.6) is 0 Å². The van der Waals surface area contributed by atoms with Crippen molar-refractivity contribution in [2.75, 3.05) is 11.9 Å². The fraction of sp³-hybridized carbons (Fsp3) is 0.176. The van der Waals surface area contributed by atoms with Crippen LogP contribution in [0.2, 0.25) is 0 Å². The zero-order valence-electron chi connectivity index (χ0n) is 12.6. The number of alkyl carbamates (subject to hydrolysis) is 1. The number of nitrogens with one attached hydrogen (secondary N) is 2. The van der Waals surface area contributed by atoms with Crippen LogP contribution in [0.1, 0.15) is 11.1 Å². The molecule has 0 bridgehead atoms. The monoisotopic (exact) mass is 376 g/mol. The maximum Gasteiger partial charge on any atom is 0.407 e. The predicted molar refractivity (Wildman–Crippen MR) is 92.1 cm³/mol. The van der Waals surface area contributed by atoms with Gasteiger partial charge in [-0.1, -0.05) is 46.3 Å². The van der Waals surface area contributed by atoms with E-state index in [2.05, 4.69) is 26.6 Å². The molecule has 0 unspecified atom stereocenters. The molecule has 6 heteroatoms. The summed E-state index contributed by atoms with van der Waals surface area (Å²) in [4.78, 5) is 23.3. The highest BCUT2D eigenvalue weighted by Crippen LogP contribution is 2.19. The standard InChI is InChI=1S/C17H17BrN2O3/c1-12-9-14(7-8-15(12)18)20-16(21)10-19-17(22)23-11-13-5-3-2-4-6-13/h2-9H,10-11H2,1H3,(H,19,22)(H,20,21). The van der Waals surface area contributed by atoms with Gasteiger partial charge in [0.05, 0.1) is 0 Å². The van der Waals surface area contributed by atoms with Gasteiger partial charge in [-0.15, -0.1) is 0 Å². The average Bonchev–Trinajstić information content (AvgIpc) is 2.55. The summed E-state index contributed by atoms with van der Waals surface area (Å²) >= 11 is 3.40. The number of ether oxygens (including phenoxy) is 1. The summed E-state index contributed by atoms with van der Waals surface area (Å²) in [7, 11) is 0. The van der Waals surface area contributed by atoms with Crippen LogP contribution in [-0.4, -0.2) is 18.5 Å². The predicted octanol–water partition coefficient (Wildman–Crippen LogP) is 3.62. The van der Waals surface area contributed by atoms with Gasteiger partial charge in [0, 0.05) is 10.2 Å². The smallest absolute Gasteiger partial charge is 0.407 e. The van der Waals surface area contributed by atoms with Crippen LogP contribution in [-0.2, 0) is 16.1 Å². The molecule has 0 aliphatic rings. The summed E-state index contributed by atoms with van der Waals surface area (Å²) in [6, 6.07) is 14.8. The topological polar surface area (TPSA) is 67.4 Å². The van der Waals surface area contributed by atoms with Gasteiger partial charge in [0.2, 0.25) is 5.91 Å². The van der Waals surface area contributed by atoms with Gasteiger partial charge < -0.3 is 15.4 Å². The van der Waals surface area contributed by atoms with Gasteiger partial charge in [-0.25, -0.2) is 4.79 Å². The number of carbonyl (C=O) groups is 2. The molecule has 2 aromatic rings. The zero-order chi connectivity index (χ0) is 16.7. The molecular weight excluding hydrogens is 360 g/mol. The second-order valence-corrected chi connectivity index (χ2v) is 5.78. The van der Waals surface area contributed by atoms with Crippen LogP contribution in [0.25, 0.3) is 0 Å². The van der Waals surface area contributed by atoms with E-state index in [1.807, 2.05) is 49.4 Å². The van der Waals surface area contributed by atoms with E-state index in [0.717, 1.165) is 15.6 Å². The molecule has 2 N–H and O–H groups in total. The first-order valence-electron chi connectivity index (χ1n) is 7.05. The van der Waals surface area contributed by atoms with Crippen molar-refractivity contribution >= 4 is 33.6 Å². The summed E-state index contributed by atoms with van der Waals surface area (Å²) in [5.74, 6) is -0.316. The second kappa shape index (κ2) is 8.33. The van der Waals surface area contributed by atoms with E-state index in [9.17, 15) is 9.59 Å². The molecule has 2 aromatic carbocycles. The average molecular weight is 377 g/mol. The molecule has 0 aliphatic carbocycles. The van der Waals surface area contributed by atoms with Crippen LogP contribution in [0.15, 0.2) is 53.0 Å². The maximum atomic E-state index is 11.8. The largest absolute Gasteiger partial charge is 0.445 e. The summed E-state index contributed by atoms with van der Waals surface area (Å²) in [5, 5.41) is 5.13. The first-order chi connectivity index (χ1) is 11.0. The third-order valence-corrected chi connectivity index (χ3v) is 3.94. The summed E-state index contributed by atoms with van der Waals surface area (Å²) in [6.07, 6.45) is -0.629. The van der Waals surface area contributed by atoms with Gasteiger partial charge in [0.1, 0.15) is 13.2 Å². The summed E-state index contributed by atoms with van der Waals surface area (Å²) < 4.78 is 6.00. The number of aryl methyl sites for hydroxylation is 1. The molecule has 2 rings (SSSR count). The van der Waals surface area contributed by atoms with Gasteiger partial charge in [-0.2, -0.15) is 0 Å². The first kappa shape index (κ1) is 17.0. The first-order valence-corrected chi connectivity index (χ1v) is 7.84. The van der Waals surface area contributed by atoms with Gasteiger partial charge in [-0.3, -0.25) is 4.79 Å². The third-order valence-electron chi connectivity index (χ3n) is 3.05. The zero-order valence-corrected chi connectivity index (χ0v) is 14.2. The molecule has 0 heterocycles. The van der Waals surface area contributed by atoms with E-state index in [1.54, 1.807) is 6.07 Å². The Morgan fingerprint density at radius 1 is 1.13 bits per heavy atom. The molecule has 0 radical (unpaired) electrons. The Bertz CT molecular complexity index is 689. The van der Waals surface area contributed by atoms with Gasteiger partial charge in [0.25, 0.3) is 0 Å². The molecule has 0 fully saturated rings. The van der Waals surface area contributed by atoms with E-state index in [0.29, 0.717) is 5.69 Å². The quantitative estimate of drug-likeness (QED) is 0.837. The van der Waals surface area contributed by atoms with Gasteiger partial charge in [0.15, 0.2) is 0 Å².